The van der Waals surface area contributed by atoms with Crippen molar-refractivity contribution in [2.75, 3.05) is 13.2 Å². The number of hydrogen-bond acceptors (Lipinski definition) is 5. The third-order valence-electron chi connectivity index (χ3n) is 13.1. The van der Waals surface area contributed by atoms with Crippen LogP contribution in [0.5, 0.6) is 11.5 Å². The minimum absolute atomic E-state index is 0.000286. The Labute approximate surface area is 313 Å². The summed E-state index contributed by atoms with van der Waals surface area (Å²) in [4.78, 5) is 15.6. The van der Waals surface area contributed by atoms with Crippen LogP contribution >= 0.6 is 0 Å². The summed E-state index contributed by atoms with van der Waals surface area (Å²) >= 11 is 0. The highest BCUT2D eigenvalue weighted by molar-refractivity contribution is 8.01. The van der Waals surface area contributed by atoms with Crippen LogP contribution in [0.3, 0.4) is 0 Å². The maximum absolute atomic E-state index is 12.6. The van der Waals surface area contributed by atoms with Gasteiger partial charge in [-0.2, -0.15) is 0 Å². The Morgan fingerprint density at radius 1 is 0.865 bits per heavy atom. The van der Waals surface area contributed by atoms with Crippen molar-refractivity contribution in [1.29, 1.82) is 0 Å². The van der Waals surface area contributed by atoms with Crippen LogP contribution in [-0.4, -0.2) is 29.7 Å². The van der Waals surface area contributed by atoms with E-state index in [9.17, 15) is 9.90 Å². The van der Waals surface area contributed by atoms with Crippen LogP contribution in [0.25, 0.3) is 0 Å². The molecule has 9 rings (SSSR count). The number of aliphatic hydroxyl groups excluding tert-OH is 1. The SMILES string of the molecule is CC(C)(C)C1=CC2c3cc(C(C)(C)C)ccc3[S+](C3=CC=C(Oc4ccc(OC(=O)OCCC56CC7CC(CCO)(CC7C5)C6)cc4)CC3)C2C=C1. The van der Waals surface area contributed by atoms with E-state index < -0.39 is 6.16 Å². The molecule has 0 spiro atoms. The molecule has 2 aromatic rings. The average Bonchev–Trinajstić information content (AvgIpc) is 3.64. The van der Waals surface area contributed by atoms with Gasteiger partial charge in [-0.15, -0.1) is 0 Å². The van der Waals surface area contributed by atoms with Crippen molar-refractivity contribution in [3.63, 3.8) is 0 Å². The number of aliphatic hydroxyl groups is 1. The van der Waals surface area contributed by atoms with E-state index in [4.69, 9.17) is 14.2 Å². The van der Waals surface area contributed by atoms with Gasteiger partial charge in [0.05, 0.1) is 23.4 Å². The monoisotopic (exact) mass is 721 g/mol. The number of allylic oxidation sites excluding steroid dienone is 7. The standard InChI is InChI=1S/C46H57O5S/c1-43(2,3)32-7-17-40-38(23-32)39-24-33(44(4,5)6)8-18-41(39)52(40)37-15-13-35(14-16-37)50-34-9-11-36(12-10-34)51-42(48)49-22-20-46-27-30-25-45(29-46,19-21-47)26-31(30)28-46/h7-13,15,17-18,23-24,30-31,38,40,47H,14,16,19-22,25-29H2,1-6H3/q+1. The molecule has 4 fully saturated rings. The largest absolute Gasteiger partial charge is 0.513 e. The van der Waals surface area contributed by atoms with Crippen LogP contribution in [-0.2, 0) is 21.0 Å². The van der Waals surface area contributed by atoms with Gasteiger partial charge < -0.3 is 19.3 Å². The van der Waals surface area contributed by atoms with E-state index in [0.717, 1.165) is 49.0 Å². The molecule has 4 saturated carbocycles. The Morgan fingerprint density at radius 2 is 1.56 bits per heavy atom. The van der Waals surface area contributed by atoms with E-state index >= 15 is 0 Å². The second-order valence-corrected chi connectivity index (χ2v) is 21.0. The number of hydrogen-bond donors (Lipinski definition) is 1. The Balaban J connectivity index is 0.883. The topological polar surface area (TPSA) is 65.0 Å². The summed E-state index contributed by atoms with van der Waals surface area (Å²) in [5.74, 6) is 4.12. The number of ether oxygens (including phenoxy) is 3. The number of fused-ring (bicyclic) bond motifs is 3. The molecule has 6 aliphatic carbocycles. The highest BCUT2D eigenvalue weighted by atomic mass is 32.2. The van der Waals surface area contributed by atoms with E-state index in [1.807, 2.05) is 12.1 Å². The van der Waals surface area contributed by atoms with Gasteiger partial charge in [0.15, 0.2) is 10.1 Å². The van der Waals surface area contributed by atoms with Crippen LogP contribution in [0.2, 0.25) is 0 Å². The molecule has 1 heterocycles. The first kappa shape index (κ1) is 35.8. The molecule has 6 heteroatoms. The first-order valence-corrected chi connectivity index (χ1v) is 20.9. The summed E-state index contributed by atoms with van der Waals surface area (Å²) in [6.45, 7) is 14.5. The molecule has 0 amide bonds. The molecule has 0 radical (unpaired) electrons. The van der Waals surface area contributed by atoms with E-state index in [0.29, 0.717) is 28.9 Å². The van der Waals surface area contributed by atoms with E-state index in [-0.39, 0.29) is 33.7 Å². The zero-order valence-corrected chi connectivity index (χ0v) is 32.8. The molecule has 1 N–H and O–H groups in total. The van der Waals surface area contributed by atoms with Crippen LogP contribution < -0.4 is 9.47 Å². The van der Waals surface area contributed by atoms with Gasteiger partial charge in [-0.3, -0.25) is 0 Å². The van der Waals surface area contributed by atoms with Gasteiger partial charge in [0.25, 0.3) is 0 Å². The second-order valence-electron chi connectivity index (χ2n) is 18.8. The van der Waals surface area contributed by atoms with Gasteiger partial charge in [0, 0.05) is 25.0 Å². The van der Waals surface area contributed by atoms with E-state index in [1.165, 1.54) is 58.6 Å². The lowest BCUT2D eigenvalue weighted by molar-refractivity contribution is 0.0144. The summed E-state index contributed by atoms with van der Waals surface area (Å²) in [6, 6.07) is 14.5. The van der Waals surface area contributed by atoms with Gasteiger partial charge in [-0.1, -0.05) is 59.8 Å². The van der Waals surface area contributed by atoms with E-state index in [2.05, 4.69) is 90.1 Å². The maximum Gasteiger partial charge on any atom is 0.513 e. The van der Waals surface area contributed by atoms with Crippen LogP contribution in [0.15, 0.2) is 94.0 Å². The highest BCUT2D eigenvalue weighted by Crippen LogP contribution is 2.71. The molecule has 0 aromatic heterocycles. The zero-order chi connectivity index (χ0) is 36.5. The number of carbonyl (C=O) groups is 1. The molecule has 52 heavy (non-hydrogen) atoms. The summed E-state index contributed by atoms with van der Waals surface area (Å²) < 4.78 is 17.4. The molecule has 5 nitrogen and oxygen atoms in total. The van der Waals surface area contributed by atoms with Gasteiger partial charge in [-0.05, 0) is 144 Å². The van der Waals surface area contributed by atoms with Gasteiger partial charge in [0.2, 0.25) is 0 Å². The van der Waals surface area contributed by atoms with E-state index in [1.54, 1.807) is 12.1 Å². The first-order valence-electron chi connectivity index (χ1n) is 19.6. The van der Waals surface area contributed by atoms with Gasteiger partial charge >= 0.3 is 6.16 Å². The minimum Gasteiger partial charge on any atom is -0.462 e. The summed E-state index contributed by atoms with van der Waals surface area (Å²) in [5.41, 5.74) is 5.16. The summed E-state index contributed by atoms with van der Waals surface area (Å²) in [5, 5.41) is 10.1. The molecule has 1 aliphatic heterocycles. The average molecular weight is 722 g/mol. The molecular formula is C46H57O5S+. The molecule has 0 saturated heterocycles. The minimum atomic E-state index is -0.651. The van der Waals surface area contributed by atoms with Crippen LogP contribution in [0.4, 0.5) is 4.79 Å². The lowest BCUT2D eigenvalue weighted by Gasteiger charge is -2.46. The number of benzene rings is 2. The molecule has 2 aromatic carbocycles. The lowest BCUT2D eigenvalue weighted by Crippen LogP contribution is -2.37. The van der Waals surface area contributed by atoms with Crippen molar-refractivity contribution in [3.05, 3.63) is 100 Å². The smallest absolute Gasteiger partial charge is 0.462 e. The van der Waals surface area contributed by atoms with Crippen molar-refractivity contribution < 1.29 is 24.1 Å². The third kappa shape index (κ3) is 6.83. The Bertz CT molecular complexity index is 1820. The fourth-order valence-electron chi connectivity index (χ4n) is 10.8. The van der Waals surface area contributed by atoms with Crippen molar-refractivity contribution >= 4 is 17.1 Å². The fraction of sp³-hybridized carbons (Fsp3) is 0.543. The fourth-order valence-corrected chi connectivity index (χ4v) is 13.7. The number of rotatable bonds is 9. The maximum atomic E-state index is 12.6. The van der Waals surface area contributed by atoms with Crippen molar-refractivity contribution in [2.24, 2.45) is 28.1 Å². The highest BCUT2D eigenvalue weighted by Gasteiger charge is 2.61. The Morgan fingerprint density at radius 3 is 2.19 bits per heavy atom. The molecule has 5 atom stereocenters. The molecule has 276 valence electrons. The van der Waals surface area contributed by atoms with Gasteiger partial charge in [0.1, 0.15) is 22.2 Å². The third-order valence-corrected chi connectivity index (χ3v) is 15.9. The summed E-state index contributed by atoms with van der Waals surface area (Å²) in [6.07, 6.45) is 21.1. The van der Waals surface area contributed by atoms with Crippen molar-refractivity contribution in [3.8, 4) is 11.5 Å². The van der Waals surface area contributed by atoms with Crippen LogP contribution in [0.1, 0.15) is 116 Å². The quantitative estimate of drug-likeness (QED) is 0.159. The Hall–Kier alpha value is -3.22. The Kier molecular flexibility index (Phi) is 9.13. The van der Waals surface area contributed by atoms with Crippen molar-refractivity contribution in [1.82, 2.24) is 0 Å². The first-order chi connectivity index (χ1) is 24.7. The van der Waals surface area contributed by atoms with Crippen molar-refractivity contribution in [2.45, 2.75) is 121 Å². The second kappa shape index (κ2) is 13.3. The molecular weight excluding hydrogens is 665 g/mol. The molecule has 5 unspecified atom stereocenters. The van der Waals surface area contributed by atoms with Crippen LogP contribution in [0, 0.1) is 28.1 Å². The lowest BCUT2D eigenvalue weighted by atomic mass is 9.59. The van der Waals surface area contributed by atoms with Gasteiger partial charge in [-0.25, -0.2) is 4.79 Å². The normalized spacial score (nSPS) is 31.4. The number of carbonyl (C=O) groups excluding carboxylic acids is 1. The molecule has 4 bridgehead atoms. The predicted octanol–water partition coefficient (Wildman–Crippen LogP) is 11.1. The molecule has 7 aliphatic rings. The summed E-state index contributed by atoms with van der Waals surface area (Å²) in [7, 11) is -0.000286. The predicted molar refractivity (Wildman–Crippen MR) is 210 cm³/mol. The zero-order valence-electron chi connectivity index (χ0n) is 32.0.